The Labute approximate surface area is 245 Å². The van der Waals surface area contributed by atoms with Crippen LogP contribution in [0.2, 0.25) is 0 Å². The fourth-order valence-electron chi connectivity index (χ4n) is 5.12. The van der Waals surface area contributed by atoms with E-state index in [0.29, 0.717) is 31.7 Å². The average molecular weight is 588 g/mol. The predicted molar refractivity (Wildman–Crippen MR) is 151 cm³/mol. The second-order valence-corrected chi connectivity index (χ2v) is 10.7. The summed E-state index contributed by atoms with van der Waals surface area (Å²) in [6.45, 7) is 3.81. The molecule has 13 nitrogen and oxygen atoms in total. The Hall–Kier alpha value is -3.84. The van der Waals surface area contributed by atoms with Crippen molar-refractivity contribution in [3.63, 3.8) is 0 Å². The first kappa shape index (κ1) is 32.7. The molecule has 0 spiro atoms. The van der Waals surface area contributed by atoms with Crippen molar-refractivity contribution in [1.29, 1.82) is 0 Å². The molecule has 2 saturated heterocycles. The number of hydrazine groups is 1. The van der Waals surface area contributed by atoms with Gasteiger partial charge in [-0.2, -0.15) is 0 Å². The van der Waals surface area contributed by atoms with Crippen molar-refractivity contribution >= 4 is 35.6 Å². The number of carbonyl (C=O) groups is 6. The number of aliphatic carboxylic acids is 1. The van der Waals surface area contributed by atoms with Crippen LogP contribution in [-0.4, -0.2) is 96.5 Å². The number of nitrogens with zero attached hydrogens (tertiary/aromatic N) is 2. The first-order chi connectivity index (χ1) is 20.1. The highest BCUT2D eigenvalue weighted by molar-refractivity contribution is 5.98. The standard InChI is InChI=1S/C29H41N5O8/c1-19(28(39)40)32-34(25(36)13-16-31-26(37)21-6-8-22(9-7-21)29(41)42-2)27(38)23-4-3-17-33(18-23)24(35)10-5-20-11-14-30-15-12-20/h6-9,19-20,23,30,32H,3-5,10-18H2,1-2H3,(H,31,37)(H,39,40)/t19-,23-/m1/s1. The third-order valence-corrected chi connectivity index (χ3v) is 7.70. The number of carboxylic acids is 1. The lowest BCUT2D eigenvalue weighted by atomic mass is 9.92. The monoisotopic (exact) mass is 587 g/mol. The predicted octanol–water partition coefficient (Wildman–Crippen LogP) is 0.944. The summed E-state index contributed by atoms with van der Waals surface area (Å²) in [4.78, 5) is 76.8. The highest BCUT2D eigenvalue weighted by atomic mass is 16.5. The molecule has 1 aromatic rings. The Morgan fingerprint density at radius 3 is 2.36 bits per heavy atom. The number of carboxylic acid groups (broad SMARTS) is 1. The van der Waals surface area contributed by atoms with Crippen LogP contribution in [0.1, 0.15) is 72.6 Å². The number of methoxy groups -OCH3 is 1. The van der Waals surface area contributed by atoms with E-state index in [1.165, 1.54) is 38.3 Å². The molecule has 4 amide bonds. The molecular weight excluding hydrogens is 546 g/mol. The number of piperidine rings is 2. The number of rotatable bonds is 12. The second-order valence-electron chi connectivity index (χ2n) is 10.7. The third kappa shape index (κ3) is 9.35. The topological polar surface area (TPSA) is 174 Å². The zero-order valence-electron chi connectivity index (χ0n) is 24.2. The molecule has 3 rings (SSSR count). The first-order valence-electron chi connectivity index (χ1n) is 14.4. The molecule has 2 aliphatic heterocycles. The number of imide groups is 1. The van der Waals surface area contributed by atoms with E-state index in [0.717, 1.165) is 37.4 Å². The van der Waals surface area contributed by atoms with E-state index in [1.807, 2.05) is 0 Å². The third-order valence-electron chi connectivity index (χ3n) is 7.70. The van der Waals surface area contributed by atoms with Gasteiger partial charge in [-0.1, -0.05) is 0 Å². The van der Waals surface area contributed by atoms with Crippen molar-refractivity contribution in [1.82, 2.24) is 26.0 Å². The maximum absolute atomic E-state index is 13.5. The first-order valence-corrected chi connectivity index (χ1v) is 14.4. The van der Waals surface area contributed by atoms with Gasteiger partial charge >= 0.3 is 11.9 Å². The van der Waals surface area contributed by atoms with Crippen LogP contribution in [0, 0.1) is 11.8 Å². The van der Waals surface area contributed by atoms with Gasteiger partial charge in [0.2, 0.25) is 17.7 Å². The molecule has 2 aliphatic rings. The molecule has 0 saturated carbocycles. The van der Waals surface area contributed by atoms with Crippen molar-refractivity contribution in [2.75, 3.05) is 39.8 Å². The lowest BCUT2D eigenvalue weighted by molar-refractivity contribution is -0.155. The summed E-state index contributed by atoms with van der Waals surface area (Å²) in [5.41, 5.74) is 3.02. The summed E-state index contributed by atoms with van der Waals surface area (Å²) >= 11 is 0. The largest absolute Gasteiger partial charge is 0.480 e. The number of likely N-dealkylation sites (tertiary alicyclic amines) is 1. The van der Waals surface area contributed by atoms with Crippen LogP contribution in [0.15, 0.2) is 24.3 Å². The number of hydrogen-bond acceptors (Lipinski definition) is 9. The van der Waals surface area contributed by atoms with Crippen LogP contribution < -0.4 is 16.1 Å². The summed E-state index contributed by atoms with van der Waals surface area (Å²) in [5, 5.41) is 16.0. The van der Waals surface area contributed by atoms with E-state index in [4.69, 9.17) is 0 Å². The number of amides is 4. The van der Waals surface area contributed by atoms with Gasteiger partial charge in [-0.3, -0.25) is 24.0 Å². The molecule has 0 unspecified atom stereocenters. The highest BCUT2D eigenvalue weighted by Crippen LogP contribution is 2.23. The summed E-state index contributed by atoms with van der Waals surface area (Å²) in [7, 11) is 1.25. The van der Waals surface area contributed by atoms with E-state index in [1.54, 1.807) is 4.90 Å². The molecule has 2 fully saturated rings. The maximum atomic E-state index is 13.5. The van der Waals surface area contributed by atoms with Crippen LogP contribution in [0.3, 0.4) is 0 Å². The number of benzene rings is 1. The molecule has 0 aliphatic carbocycles. The average Bonchev–Trinajstić information content (AvgIpc) is 3.01. The maximum Gasteiger partial charge on any atom is 0.337 e. The van der Waals surface area contributed by atoms with Crippen LogP contribution in [0.4, 0.5) is 0 Å². The Morgan fingerprint density at radius 2 is 1.71 bits per heavy atom. The molecular formula is C29H41N5O8. The summed E-state index contributed by atoms with van der Waals surface area (Å²) < 4.78 is 4.63. The molecule has 4 N–H and O–H groups in total. The van der Waals surface area contributed by atoms with Gasteiger partial charge < -0.3 is 25.4 Å². The fraction of sp³-hybridized carbons (Fsp3) is 0.586. The van der Waals surface area contributed by atoms with Gasteiger partial charge in [0.25, 0.3) is 5.91 Å². The van der Waals surface area contributed by atoms with Crippen LogP contribution >= 0.6 is 0 Å². The van der Waals surface area contributed by atoms with E-state index in [-0.39, 0.29) is 36.5 Å². The molecule has 2 heterocycles. The van der Waals surface area contributed by atoms with Gasteiger partial charge in [-0.05, 0) is 82.3 Å². The summed E-state index contributed by atoms with van der Waals surface area (Å²) in [5.74, 6) is -3.76. The number of hydrogen-bond donors (Lipinski definition) is 4. The zero-order chi connectivity index (χ0) is 30.6. The molecule has 1 aromatic carbocycles. The molecule has 0 bridgehead atoms. The van der Waals surface area contributed by atoms with Crippen molar-refractivity contribution in [3.8, 4) is 0 Å². The quantitative estimate of drug-likeness (QED) is 0.204. The molecule has 42 heavy (non-hydrogen) atoms. The fourth-order valence-corrected chi connectivity index (χ4v) is 5.12. The smallest absolute Gasteiger partial charge is 0.337 e. The molecule has 13 heteroatoms. The van der Waals surface area contributed by atoms with Gasteiger partial charge in [0, 0.05) is 38.0 Å². The Kier molecular flexibility index (Phi) is 12.4. The minimum absolute atomic E-state index is 0.0156. The summed E-state index contributed by atoms with van der Waals surface area (Å²) in [6.07, 6.45) is 4.08. The Bertz CT molecular complexity index is 1140. The minimum atomic E-state index is -1.25. The zero-order valence-corrected chi connectivity index (χ0v) is 24.2. The minimum Gasteiger partial charge on any atom is -0.480 e. The molecule has 0 aromatic heterocycles. The van der Waals surface area contributed by atoms with Crippen molar-refractivity contribution in [3.05, 3.63) is 35.4 Å². The number of nitrogens with one attached hydrogen (secondary N) is 3. The van der Waals surface area contributed by atoms with E-state index < -0.39 is 41.6 Å². The van der Waals surface area contributed by atoms with E-state index in [2.05, 4.69) is 20.8 Å². The highest BCUT2D eigenvalue weighted by Gasteiger charge is 2.35. The lowest BCUT2D eigenvalue weighted by Crippen LogP contribution is -2.57. The number of ether oxygens (including phenoxy) is 1. The van der Waals surface area contributed by atoms with E-state index >= 15 is 0 Å². The van der Waals surface area contributed by atoms with Crippen LogP contribution in [0.25, 0.3) is 0 Å². The number of carbonyl (C=O) groups excluding carboxylic acids is 5. The van der Waals surface area contributed by atoms with Crippen LogP contribution in [-0.2, 0) is 23.9 Å². The Balaban J connectivity index is 1.57. The van der Waals surface area contributed by atoms with Gasteiger partial charge in [0.1, 0.15) is 6.04 Å². The number of esters is 1. The van der Waals surface area contributed by atoms with Crippen LogP contribution in [0.5, 0.6) is 0 Å². The second kappa shape index (κ2) is 16.0. The Morgan fingerprint density at radius 1 is 1.05 bits per heavy atom. The molecule has 230 valence electrons. The van der Waals surface area contributed by atoms with Gasteiger partial charge in [-0.25, -0.2) is 15.2 Å². The van der Waals surface area contributed by atoms with Gasteiger partial charge in [0.05, 0.1) is 18.6 Å². The van der Waals surface area contributed by atoms with Crippen molar-refractivity contribution < 1.29 is 38.6 Å². The normalized spacial score (nSPS) is 18.0. The molecule has 2 atom stereocenters. The molecule has 0 radical (unpaired) electrons. The van der Waals surface area contributed by atoms with Gasteiger partial charge in [0.15, 0.2) is 0 Å². The van der Waals surface area contributed by atoms with Crippen molar-refractivity contribution in [2.45, 2.75) is 57.9 Å². The van der Waals surface area contributed by atoms with Crippen molar-refractivity contribution in [2.24, 2.45) is 11.8 Å². The lowest BCUT2D eigenvalue weighted by Gasteiger charge is -2.35. The SMILES string of the molecule is COC(=O)c1ccc(C(=O)NCCC(=O)N(N[C@H](C)C(=O)O)C(=O)[C@@H]2CCCN(C(=O)CCC3CCNCC3)C2)cc1. The summed E-state index contributed by atoms with van der Waals surface area (Å²) in [6, 6.07) is 4.53. The van der Waals surface area contributed by atoms with Gasteiger partial charge in [-0.15, -0.1) is 0 Å². The van der Waals surface area contributed by atoms with E-state index in [9.17, 15) is 33.9 Å².